The van der Waals surface area contributed by atoms with Crippen LogP contribution < -0.4 is 14.8 Å². The molecule has 0 saturated heterocycles. The van der Waals surface area contributed by atoms with Gasteiger partial charge in [0.05, 0.1) is 19.8 Å². The van der Waals surface area contributed by atoms with E-state index in [0.29, 0.717) is 17.1 Å². The Morgan fingerprint density at radius 2 is 1.79 bits per heavy atom. The van der Waals surface area contributed by atoms with Crippen LogP contribution in [0.3, 0.4) is 0 Å². The molecule has 0 aromatic heterocycles. The van der Waals surface area contributed by atoms with E-state index in [9.17, 15) is 9.59 Å². The second kappa shape index (κ2) is 10.6. The number of nitrogens with one attached hydrogen (secondary N) is 1. The van der Waals surface area contributed by atoms with Gasteiger partial charge in [-0.15, -0.1) is 11.8 Å². The van der Waals surface area contributed by atoms with E-state index in [1.165, 1.54) is 0 Å². The number of carbonyl (C=O) groups excluding carboxylic acids is 2. The highest BCUT2D eigenvalue weighted by Gasteiger charge is 2.20. The maximum atomic E-state index is 12.4. The van der Waals surface area contributed by atoms with Crippen LogP contribution in [0.2, 0.25) is 0 Å². The van der Waals surface area contributed by atoms with Crippen molar-refractivity contribution in [3.05, 3.63) is 53.6 Å². The summed E-state index contributed by atoms with van der Waals surface area (Å²) in [4.78, 5) is 25.6. The molecule has 0 bridgehead atoms. The number of carbonyl (C=O) groups is 2. The lowest BCUT2D eigenvalue weighted by Crippen LogP contribution is -2.35. The van der Waals surface area contributed by atoms with E-state index < -0.39 is 12.1 Å². The van der Waals surface area contributed by atoms with Gasteiger partial charge in [-0.05, 0) is 42.5 Å². The van der Waals surface area contributed by atoms with Gasteiger partial charge in [0.25, 0.3) is 5.91 Å². The Morgan fingerprint density at radius 1 is 1.07 bits per heavy atom. The minimum absolute atomic E-state index is 0.281. The van der Waals surface area contributed by atoms with Crippen LogP contribution in [0, 0.1) is 0 Å². The zero-order valence-corrected chi connectivity index (χ0v) is 17.3. The quantitative estimate of drug-likeness (QED) is 0.509. The van der Waals surface area contributed by atoms with Crippen LogP contribution in [0.5, 0.6) is 11.5 Å². The van der Waals surface area contributed by atoms with Crippen LogP contribution in [-0.2, 0) is 16.1 Å². The fourth-order valence-electron chi connectivity index (χ4n) is 2.52. The summed E-state index contributed by atoms with van der Waals surface area (Å²) in [5.74, 6) is 1.15. The molecule has 0 aliphatic rings. The van der Waals surface area contributed by atoms with E-state index in [0.717, 1.165) is 16.2 Å². The summed E-state index contributed by atoms with van der Waals surface area (Å²) in [6.45, 7) is 3.85. The number of ether oxygens (including phenoxy) is 3. The summed E-state index contributed by atoms with van der Waals surface area (Å²) in [5.41, 5.74) is 1.31. The number of methoxy groups -OCH3 is 2. The van der Waals surface area contributed by atoms with Gasteiger partial charge >= 0.3 is 5.97 Å². The second-order valence-electron chi connectivity index (χ2n) is 5.88. The van der Waals surface area contributed by atoms with Crippen molar-refractivity contribution in [2.45, 2.75) is 31.4 Å². The third kappa shape index (κ3) is 5.66. The van der Waals surface area contributed by atoms with E-state index in [2.05, 4.69) is 5.32 Å². The minimum Gasteiger partial charge on any atom is -0.493 e. The highest BCUT2D eigenvalue weighted by atomic mass is 32.2. The third-order valence-corrected chi connectivity index (χ3v) is 4.93. The molecule has 0 saturated carbocycles. The van der Waals surface area contributed by atoms with Crippen molar-refractivity contribution in [3.63, 3.8) is 0 Å². The van der Waals surface area contributed by atoms with Crippen LogP contribution in [0.4, 0.5) is 0 Å². The van der Waals surface area contributed by atoms with Gasteiger partial charge < -0.3 is 19.5 Å². The van der Waals surface area contributed by atoms with Crippen molar-refractivity contribution in [3.8, 4) is 11.5 Å². The molecule has 6 nitrogen and oxygen atoms in total. The van der Waals surface area contributed by atoms with Crippen LogP contribution in [0.25, 0.3) is 0 Å². The van der Waals surface area contributed by atoms with E-state index in [1.807, 2.05) is 25.1 Å². The Morgan fingerprint density at radius 3 is 2.46 bits per heavy atom. The highest BCUT2D eigenvalue weighted by Crippen LogP contribution is 2.27. The molecule has 1 N–H and O–H groups in total. The van der Waals surface area contributed by atoms with Crippen molar-refractivity contribution in [1.29, 1.82) is 0 Å². The van der Waals surface area contributed by atoms with Crippen molar-refractivity contribution >= 4 is 23.6 Å². The Bertz CT molecular complexity index is 824. The van der Waals surface area contributed by atoms with Gasteiger partial charge in [0.15, 0.2) is 17.6 Å². The topological polar surface area (TPSA) is 73.9 Å². The number of thioether (sulfide) groups is 1. The lowest BCUT2D eigenvalue weighted by molar-refractivity contribution is -0.129. The molecule has 2 aromatic carbocycles. The summed E-state index contributed by atoms with van der Waals surface area (Å²) in [6, 6.07) is 12.6. The summed E-state index contributed by atoms with van der Waals surface area (Å²) in [6.07, 6.45) is -0.910. The lowest BCUT2D eigenvalue weighted by Gasteiger charge is -2.15. The van der Waals surface area contributed by atoms with Crippen molar-refractivity contribution < 1.29 is 23.8 Å². The standard InChI is InChI=1S/C21H25NO5S/c1-5-28-19-9-7-6-8-16(19)21(24)27-14(2)20(23)22-13-15-10-11-17(25-3)18(12-15)26-4/h6-12,14H,5,13H2,1-4H3,(H,22,23)/t14-/m0/s1. The van der Waals surface area contributed by atoms with E-state index in [-0.39, 0.29) is 12.5 Å². The van der Waals surface area contributed by atoms with Gasteiger partial charge in [0, 0.05) is 11.4 Å². The maximum Gasteiger partial charge on any atom is 0.340 e. The number of esters is 1. The SMILES string of the molecule is CCSc1ccccc1C(=O)O[C@@H](C)C(=O)NCc1ccc(OC)c(OC)c1. The lowest BCUT2D eigenvalue weighted by atomic mass is 10.2. The number of amides is 1. The fraction of sp³-hybridized carbons (Fsp3) is 0.333. The van der Waals surface area contributed by atoms with Crippen molar-refractivity contribution in [2.75, 3.05) is 20.0 Å². The van der Waals surface area contributed by atoms with Gasteiger partial charge in [-0.3, -0.25) is 4.79 Å². The van der Waals surface area contributed by atoms with E-state index >= 15 is 0 Å². The molecule has 150 valence electrons. The fourth-order valence-corrected chi connectivity index (χ4v) is 3.31. The second-order valence-corrected chi connectivity index (χ2v) is 7.19. The summed E-state index contributed by atoms with van der Waals surface area (Å²) in [5, 5.41) is 2.77. The summed E-state index contributed by atoms with van der Waals surface area (Å²) >= 11 is 1.56. The Balaban J connectivity index is 1.95. The van der Waals surface area contributed by atoms with Crippen LogP contribution >= 0.6 is 11.8 Å². The molecular weight excluding hydrogens is 378 g/mol. The Kier molecular flexibility index (Phi) is 8.19. The third-order valence-electron chi connectivity index (χ3n) is 3.97. The van der Waals surface area contributed by atoms with Gasteiger partial charge in [-0.25, -0.2) is 4.79 Å². The molecule has 0 unspecified atom stereocenters. The number of hydrogen-bond donors (Lipinski definition) is 1. The largest absolute Gasteiger partial charge is 0.493 e. The number of rotatable bonds is 9. The molecule has 0 heterocycles. The van der Waals surface area contributed by atoms with Crippen molar-refractivity contribution in [2.24, 2.45) is 0 Å². The smallest absolute Gasteiger partial charge is 0.340 e. The first-order valence-corrected chi connectivity index (χ1v) is 9.90. The Labute approximate surface area is 169 Å². The highest BCUT2D eigenvalue weighted by molar-refractivity contribution is 7.99. The molecule has 2 aromatic rings. The molecule has 0 spiro atoms. The van der Waals surface area contributed by atoms with E-state index in [1.54, 1.807) is 57.2 Å². The first-order chi connectivity index (χ1) is 13.5. The molecule has 0 fully saturated rings. The molecule has 1 atom stereocenters. The van der Waals surface area contributed by atoms with Gasteiger partial charge in [0.2, 0.25) is 0 Å². The summed E-state index contributed by atoms with van der Waals surface area (Å²) < 4.78 is 15.8. The molecule has 0 radical (unpaired) electrons. The van der Waals surface area contributed by atoms with Crippen LogP contribution in [-0.4, -0.2) is 38.0 Å². The first kappa shape index (κ1) is 21.6. The summed E-state index contributed by atoms with van der Waals surface area (Å²) in [7, 11) is 3.11. The van der Waals surface area contributed by atoms with Gasteiger partial charge in [0.1, 0.15) is 0 Å². The predicted molar refractivity (Wildman–Crippen MR) is 109 cm³/mol. The molecule has 28 heavy (non-hydrogen) atoms. The normalized spacial score (nSPS) is 11.4. The van der Waals surface area contributed by atoms with Gasteiger partial charge in [-0.1, -0.05) is 25.1 Å². The molecule has 1 amide bonds. The number of hydrogen-bond acceptors (Lipinski definition) is 6. The Hall–Kier alpha value is -2.67. The molecule has 7 heteroatoms. The zero-order chi connectivity index (χ0) is 20.5. The van der Waals surface area contributed by atoms with Crippen LogP contribution in [0.1, 0.15) is 29.8 Å². The van der Waals surface area contributed by atoms with Crippen LogP contribution in [0.15, 0.2) is 47.4 Å². The minimum atomic E-state index is -0.910. The average molecular weight is 404 g/mol. The van der Waals surface area contributed by atoms with Gasteiger partial charge in [-0.2, -0.15) is 0 Å². The average Bonchev–Trinajstić information content (AvgIpc) is 2.72. The molecule has 0 aliphatic heterocycles. The first-order valence-electron chi connectivity index (χ1n) is 8.91. The molecule has 0 aliphatic carbocycles. The van der Waals surface area contributed by atoms with Crippen molar-refractivity contribution in [1.82, 2.24) is 5.32 Å². The number of benzene rings is 2. The molecule has 2 rings (SSSR count). The monoisotopic (exact) mass is 403 g/mol. The maximum absolute atomic E-state index is 12.4. The predicted octanol–water partition coefficient (Wildman–Crippen LogP) is 3.68. The molecular formula is C21H25NO5S. The zero-order valence-electron chi connectivity index (χ0n) is 16.5. The van der Waals surface area contributed by atoms with E-state index in [4.69, 9.17) is 14.2 Å².